The predicted molar refractivity (Wildman–Crippen MR) is 75.4 cm³/mol. The molecule has 2 rings (SSSR count). The Morgan fingerprint density at radius 2 is 1.32 bits per heavy atom. The van der Waals surface area contributed by atoms with Crippen molar-refractivity contribution in [3.63, 3.8) is 0 Å². The van der Waals surface area contributed by atoms with E-state index in [-0.39, 0.29) is 18.2 Å². The Morgan fingerprint density at radius 3 is 1.76 bits per heavy atom. The Balaban J connectivity index is 2.58. The molecule has 0 spiro atoms. The van der Waals surface area contributed by atoms with Crippen molar-refractivity contribution in [3.05, 3.63) is 53.6 Å². The van der Waals surface area contributed by atoms with Crippen molar-refractivity contribution in [3.8, 4) is 5.75 Å². The van der Waals surface area contributed by atoms with Crippen LogP contribution >= 0.6 is 0 Å². The van der Waals surface area contributed by atoms with Crippen molar-refractivity contribution >= 4 is 15.7 Å². The maximum atomic E-state index is 12.8. The average molecular weight is 385 g/mol. The molecule has 0 aliphatic rings. The summed E-state index contributed by atoms with van der Waals surface area (Å²) in [5.41, 5.74) is -3.92. The van der Waals surface area contributed by atoms with Crippen LogP contribution in [-0.2, 0) is 22.4 Å². The van der Waals surface area contributed by atoms with Crippen LogP contribution in [0, 0.1) is 0 Å². The largest absolute Gasteiger partial charge is 0.506 e. The first-order valence-electron chi connectivity index (χ1n) is 6.41. The lowest BCUT2D eigenvalue weighted by Gasteiger charge is -2.15. The van der Waals surface area contributed by atoms with Gasteiger partial charge in [-0.25, -0.2) is 8.42 Å². The zero-order valence-electron chi connectivity index (χ0n) is 12.0. The molecule has 0 unspecified atom stereocenters. The Morgan fingerprint density at radius 1 is 0.840 bits per heavy atom. The number of phenolic OH excluding ortho intramolecular Hbond substituents is 1. The van der Waals surface area contributed by atoms with Crippen molar-refractivity contribution in [1.82, 2.24) is 0 Å². The normalized spacial score (nSPS) is 12.9. The number of hydrogen-bond acceptors (Lipinski definition) is 3. The number of rotatable bonds is 3. The lowest BCUT2D eigenvalue weighted by atomic mass is 10.1. The van der Waals surface area contributed by atoms with Crippen LogP contribution in [0.3, 0.4) is 0 Å². The van der Waals surface area contributed by atoms with E-state index in [0.29, 0.717) is 0 Å². The summed E-state index contributed by atoms with van der Waals surface area (Å²) in [4.78, 5) is -1.24. The molecule has 2 aromatic carbocycles. The number of anilines is 1. The van der Waals surface area contributed by atoms with E-state index in [1.165, 1.54) is 12.1 Å². The number of benzene rings is 2. The first-order valence-corrected chi connectivity index (χ1v) is 7.89. The van der Waals surface area contributed by atoms with Gasteiger partial charge in [-0.15, -0.1) is 0 Å². The topological polar surface area (TPSA) is 66.4 Å². The van der Waals surface area contributed by atoms with Crippen LogP contribution in [0.4, 0.5) is 32.0 Å². The highest BCUT2D eigenvalue weighted by Crippen LogP contribution is 2.37. The summed E-state index contributed by atoms with van der Waals surface area (Å²) in [6.45, 7) is 0. The minimum absolute atomic E-state index is 0.0809. The minimum Gasteiger partial charge on any atom is -0.506 e. The molecule has 0 aliphatic heterocycles. The first-order chi connectivity index (χ1) is 11.3. The van der Waals surface area contributed by atoms with Gasteiger partial charge in [0.2, 0.25) is 0 Å². The van der Waals surface area contributed by atoms with E-state index in [1.807, 2.05) is 0 Å². The number of halogens is 6. The molecule has 0 amide bonds. The fraction of sp³-hybridized carbons (Fsp3) is 0.143. The molecule has 2 aromatic rings. The van der Waals surface area contributed by atoms with E-state index in [4.69, 9.17) is 0 Å². The molecule has 0 saturated carbocycles. The van der Waals surface area contributed by atoms with Gasteiger partial charge in [0.1, 0.15) is 5.75 Å². The fourth-order valence-electron chi connectivity index (χ4n) is 1.85. The zero-order chi connectivity index (χ0) is 19.0. The van der Waals surface area contributed by atoms with Crippen LogP contribution in [-0.4, -0.2) is 13.5 Å². The number of nitrogens with one attached hydrogen (secondary N) is 1. The quantitative estimate of drug-likeness (QED) is 0.614. The third-order valence-corrected chi connectivity index (χ3v) is 4.36. The summed E-state index contributed by atoms with van der Waals surface area (Å²) in [7, 11) is -4.81. The van der Waals surface area contributed by atoms with Gasteiger partial charge < -0.3 is 5.11 Å². The number of aromatic hydroxyl groups is 1. The summed E-state index contributed by atoms with van der Waals surface area (Å²) < 4.78 is 103. The third kappa shape index (κ3) is 4.35. The maximum absolute atomic E-state index is 12.8. The molecular weight excluding hydrogens is 376 g/mol. The molecular formula is C14H9F6NO3S. The molecule has 0 atom stereocenters. The number of sulfonamides is 1. The zero-order valence-corrected chi connectivity index (χ0v) is 12.8. The second kappa shape index (κ2) is 6.14. The van der Waals surface area contributed by atoms with E-state index < -0.39 is 49.8 Å². The Hall–Kier alpha value is -2.43. The highest BCUT2D eigenvalue weighted by molar-refractivity contribution is 7.92. The van der Waals surface area contributed by atoms with Gasteiger partial charge in [-0.05, 0) is 30.3 Å². The van der Waals surface area contributed by atoms with Crippen molar-refractivity contribution in [1.29, 1.82) is 0 Å². The molecule has 2 N–H and O–H groups in total. The molecule has 0 saturated heterocycles. The van der Waals surface area contributed by atoms with Gasteiger partial charge >= 0.3 is 12.4 Å². The van der Waals surface area contributed by atoms with Crippen LogP contribution in [0.25, 0.3) is 0 Å². The molecule has 0 aliphatic carbocycles. The average Bonchev–Trinajstić information content (AvgIpc) is 2.47. The summed E-state index contributed by atoms with van der Waals surface area (Å²) in [6, 6.07) is 4.81. The van der Waals surface area contributed by atoms with E-state index in [2.05, 4.69) is 0 Å². The molecule has 136 valence electrons. The molecule has 0 bridgehead atoms. The first kappa shape index (κ1) is 18.9. The number of phenols is 1. The van der Waals surface area contributed by atoms with Crippen molar-refractivity contribution in [2.24, 2.45) is 0 Å². The van der Waals surface area contributed by atoms with Crippen LogP contribution in [0.2, 0.25) is 0 Å². The van der Waals surface area contributed by atoms with E-state index in [1.54, 1.807) is 4.72 Å². The Labute approximate surface area is 137 Å². The second-order valence-corrected chi connectivity index (χ2v) is 6.55. The predicted octanol–water partition coefficient (Wildman–Crippen LogP) is 4.23. The van der Waals surface area contributed by atoms with E-state index in [0.717, 1.165) is 12.1 Å². The van der Waals surface area contributed by atoms with Gasteiger partial charge in [-0.3, -0.25) is 4.72 Å². The number of alkyl halides is 6. The molecule has 0 radical (unpaired) electrons. The van der Waals surface area contributed by atoms with Crippen LogP contribution in [0.1, 0.15) is 11.1 Å². The van der Waals surface area contributed by atoms with Gasteiger partial charge in [-0.2, -0.15) is 26.3 Å². The lowest BCUT2D eigenvalue weighted by molar-refractivity contribution is -0.143. The highest BCUT2D eigenvalue weighted by Gasteiger charge is 2.38. The minimum atomic E-state index is -5.18. The van der Waals surface area contributed by atoms with Crippen molar-refractivity contribution in [2.75, 3.05) is 4.72 Å². The molecule has 0 fully saturated rings. The number of para-hydroxylation sites is 2. The molecule has 0 heterocycles. The Kier molecular flexibility index (Phi) is 4.64. The number of hydrogen-bond donors (Lipinski definition) is 2. The monoisotopic (exact) mass is 385 g/mol. The summed E-state index contributed by atoms with van der Waals surface area (Å²) in [5, 5.41) is 9.50. The second-order valence-electron chi connectivity index (χ2n) is 4.86. The van der Waals surface area contributed by atoms with Gasteiger partial charge in [0.05, 0.1) is 21.7 Å². The summed E-state index contributed by atoms with van der Waals surface area (Å²) in [6.07, 6.45) is -10.4. The summed E-state index contributed by atoms with van der Waals surface area (Å²) >= 11 is 0. The van der Waals surface area contributed by atoms with Gasteiger partial charge in [0.25, 0.3) is 10.0 Å². The SMILES string of the molecule is O=S(=O)(Nc1ccccc1O)c1cc(C(F)(F)F)cc(C(F)(F)F)c1. The van der Waals surface area contributed by atoms with Crippen molar-refractivity contribution in [2.45, 2.75) is 17.2 Å². The van der Waals surface area contributed by atoms with E-state index >= 15 is 0 Å². The standard InChI is InChI=1S/C14H9F6NO3S/c15-13(16,17)8-5-9(14(18,19)20)7-10(6-8)25(23,24)21-11-3-1-2-4-12(11)22/h1-7,21-22H. The van der Waals surface area contributed by atoms with E-state index in [9.17, 15) is 39.9 Å². The van der Waals surface area contributed by atoms with Crippen LogP contribution in [0.15, 0.2) is 47.4 Å². The van der Waals surface area contributed by atoms with Gasteiger partial charge in [0, 0.05) is 0 Å². The fourth-order valence-corrected chi connectivity index (χ4v) is 2.99. The van der Waals surface area contributed by atoms with Crippen molar-refractivity contribution < 1.29 is 39.9 Å². The summed E-state index contributed by atoms with van der Waals surface area (Å²) in [5.74, 6) is -0.547. The third-order valence-electron chi connectivity index (χ3n) is 3.02. The molecule has 25 heavy (non-hydrogen) atoms. The Bertz CT molecular complexity index is 858. The highest BCUT2D eigenvalue weighted by atomic mass is 32.2. The smallest absolute Gasteiger partial charge is 0.416 e. The van der Waals surface area contributed by atoms with Crippen LogP contribution < -0.4 is 4.72 Å². The van der Waals surface area contributed by atoms with Gasteiger partial charge in [-0.1, -0.05) is 12.1 Å². The maximum Gasteiger partial charge on any atom is 0.416 e. The molecule has 4 nitrogen and oxygen atoms in total. The lowest BCUT2D eigenvalue weighted by Crippen LogP contribution is -2.17. The molecule has 11 heteroatoms. The molecule has 0 aromatic heterocycles. The van der Waals surface area contributed by atoms with Gasteiger partial charge in [0.15, 0.2) is 0 Å². The van der Waals surface area contributed by atoms with Crippen LogP contribution in [0.5, 0.6) is 5.75 Å².